The molecule has 3 heteroatoms. The normalized spacial score (nSPS) is 19.4. The molecule has 1 aromatic carbocycles. The average Bonchev–Trinajstić information content (AvgIpc) is 2.51. The number of nitrogens with one attached hydrogen (secondary N) is 1. The van der Waals surface area contributed by atoms with E-state index in [1.54, 1.807) is 0 Å². The molecule has 0 radical (unpaired) electrons. The SMILES string of the molecule is COC(C1CCCCC1)C(Cc1c(C)cccc1C)NN. The van der Waals surface area contributed by atoms with Crippen LogP contribution in [0.15, 0.2) is 18.2 Å². The molecular formula is C18H30N2O. The van der Waals surface area contributed by atoms with Crippen LogP contribution in [0.4, 0.5) is 0 Å². The van der Waals surface area contributed by atoms with Crippen LogP contribution >= 0.6 is 0 Å². The summed E-state index contributed by atoms with van der Waals surface area (Å²) in [4.78, 5) is 0. The van der Waals surface area contributed by atoms with E-state index in [2.05, 4.69) is 37.5 Å². The van der Waals surface area contributed by atoms with Crippen LogP contribution in [0.1, 0.15) is 48.8 Å². The first-order valence-corrected chi connectivity index (χ1v) is 8.21. The Morgan fingerprint density at radius 1 is 1.19 bits per heavy atom. The van der Waals surface area contributed by atoms with Crippen LogP contribution in [-0.2, 0) is 11.2 Å². The summed E-state index contributed by atoms with van der Waals surface area (Å²) in [6, 6.07) is 6.66. The van der Waals surface area contributed by atoms with Crippen LogP contribution in [0.25, 0.3) is 0 Å². The van der Waals surface area contributed by atoms with Crippen molar-refractivity contribution in [1.82, 2.24) is 5.43 Å². The Morgan fingerprint density at radius 2 is 1.81 bits per heavy atom. The van der Waals surface area contributed by atoms with Crippen molar-refractivity contribution >= 4 is 0 Å². The van der Waals surface area contributed by atoms with E-state index in [-0.39, 0.29) is 12.1 Å². The van der Waals surface area contributed by atoms with E-state index in [1.165, 1.54) is 48.8 Å². The lowest BCUT2D eigenvalue weighted by atomic mass is 9.80. The number of rotatable bonds is 6. The second kappa shape index (κ2) is 7.92. The van der Waals surface area contributed by atoms with E-state index in [0.717, 1.165) is 6.42 Å². The van der Waals surface area contributed by atoms with Crippen molar-refractivity contribution in [3.8, 4) is 0 Å². The van der Waals surface area contributed by atoms with Gasteiger partial charge in [-0.05, 0) is 55.7 Å². The quantitative estimate of drug-likeness (QED) is 0.624. The highest BCUT2D eigenvalue weighted by molar-refractivity contribution is 5.34. The topological polar surface area (TPSA) is 47.3 Å². The molecule has 2 unspecified atom stereocenters. The lowest BCUT2D eigenvalue weighted by molar-refractivity contribution is 0.00821. The van der Waals surface area contributed by atoms with Crippen molar-refractivity contribution in [2.24, 2.45) is 11.8 Å². The van der Waals surface area contributed by atoms with E-state index in [4.69, 9.17) is 10.6 Å². The van der Waals surface area contributed by atoms with Gasteiger partial charge in [0.25, 0.3) is 0 Å². The highest BCUT2D eigenvalue weighted by atomic mass is 16.5. The number of hydrogen-bond acceptors (Lipinski definition) is 3. The highest BCUT2D eigenvalue weighted by Crippen LogP contribution is 2.30. The van der Waals surface area contributed by atoms with Gasteiger partial charge in [0.15, 0.2) is 0 Å². The van der Waals surface area contributed by atoms with E-state index in [1.807, 2.05) is 7.11 Å². The molecule has 118 valence electrons. The molecule has 1 saturated carbocycles. The van der Waals surface area contributed by atoms with Crippen LogP contribution in [0.5, 0.6) is 0 Å². The average molecular weight is 290 g/mol. The number of hydrogen-bond donors (Lipinski definition) is 2. The van der Waals surface area contributed by atoms with Crippen LogP contribution in [0.3, 0.4) is 0 Å². The van der Waals surface area contributed by atoms with Crippen molar-refractivity contribution in [3.05, 3.63) is 34.9 Å². The molecule has 2 atom stereocenters. The Hall–Kier alpha value is -0.900. The number of aryl methyl sites for hydroxylation is 2. The zero-order valence-corrected chi connectivity index (χ0v) is 13.7. The third-order valence-electron chi connectivity index (χ3n) is 5.07. The van der Waals surface area contributed by atoms with Crippen LogP contribution in [0, 0.1) is 19.8 Å². The van der Waals surface area contributed by atoms with Gasteiger partial charge < -0.3 is 4.74 Å². The lowest BCUT2D eigenvalue weighted by Crippen LogP contribution is -2.50. The highest BCUT2D eigenvalue weighted by Gasteiger charge is 2.30. The first kappa shape index (κ1) is 16.5. The smallest absolute Gasteiger partial charge is 0.0769 e. The number of hydrazine groups is 1. The lowest BCUT2D eigenvalue weighted by Gasteiger charge is -2.35. The molecule has 0 saturated heterocycles. The van der Waals surface area contributed by atoms with Gasteiger partial charge in [0.05, 0.1) is 12.1 Å². The molecule has 1 aliphatic rings. The van der Waals surface area contributed by atoms with Crippen LogP contribution < -0.4 is 11.3 Å². The number of nitrogens with two attached hydrogens (primary N) is 1. The molecule has 3 nitrogen and oxygen atoms in total. The molecule has 0 aliphatic heterocycles. The fourth-order valence-corrected chi connectivity index (χ4v) is 3.81. The van der Waals surface area contributed by atoms with Crippen molar-refractivity contribution in [2.45, 2.75) is 64.5 Å². The standard InChI is InChI=1S/C18H30N2O/c1-13-8-7-9-14(2)16(13)12-17(20-19)18(21-3)15-10-5-4-6-11-15/h7-9,15,17-18,20H,4-6,10-12,19H2,1-3H3. The zero-order chi connectivity index (χ0) is 15.2. The fourth-order valence-electron chi connectivity index (χ4n) is 3.81. The minimum Gasteiger partial charge on any atom is -0.379 e. The minimum absolute atomic E-state index is 0.179. The van der Waals surface area contributed by atoms with Crippen LogP contribution in [0.2, 0.25) is 0 Å². The molecule has 2 rings (SSSR count). The summed E-state index contributed by atoms with van der Waals surface area (Å²) >= 11 is 0. The molecular weight excluding hydrogens is 260 g/mol. The van der Waals surface area contributed by atoms with Gasteiger partial charge in [0.2, 0.25) is 0 Å². The van der Waals surface area contributed by atoms with Crippen molar-refractivity contribution in [2.75, 3.05) is 7.11 Å². The van der Waals surface area contributed by atoms with Gasteiger partial charge in [0, 0.05) is 7.11 Å². The summed E-state index contributed by atoms with van der Waals surface area (Å²) in [7, 11) is 1.83. The summed E-state index contributed by atoms with van der Waals surface area (Å²) in [5, 5.41) is 0. The maximum Gasteiger partial charge on any atom is 0.0769 e. The number of methoxy groups -OCH3 is 1. The summed E-state index contributed by atoms with van der Waals surface area (Å²) in [6.45, 7) is 4.36. The van der Waals surface area contributed by atoms with Gasteiger partial charge in [0.1, 0.15) is 0 Å². The van der Waals surface area contributed by atoms with Crippen molar-refractivity contribution in [1.29, 1.82) is 0 Å². The predicted molar refractivity (Wildman–Crippen MR) is 88.1 cm³/mol. The third-order valence-corrected chi connectivity index (χ3v) is 5.07. The van der Waals surface area contributed by atoms with E-state index < -0.39 is 0 Å². The maximum atomic E-state index is 5.87. The molecule has 0 heterocycles. The van der Waals surface area contributed by atoms with E-state index in [9.17, 15) is 0 Å². The first-order chi connectivity index (χ1) is 10.2. The second-order valence-electron chi connectivity index (χ2n) is 6.45. The Labute approximate surface area is 129 Å². The van der Waals surface area contributed by atoms with Gasteiger partial charge in [-0.1, -0.05) is 37.5 Å². The minimum atomic E-state index is 0.179. The summed E-state index contributed by atoms with van der Waals surface area (Å²) in [5.41, 5.74) is 7.11. The number of benzene rings is 1. The van der Waals surface area contributed by atoms with Gasteiger partial charge in [-0.25, -0.2) is 0 Å². The van der Waals surface area contributed by atoms with Gasteiger partial charge in [-0.15, -0.1) is 0 Å². The van der Waals surface area contributed by atoms with Crippen LogP contribution in [-0.4, -0.2) is 19.3 Å². The maximum absolute atomic E-state index is 5.87. The predicted octanol–water partition coefficient (Wildman–Crippen LogP) is 3.27. The molecule has 21 heavy (non-hydrogen) atoms. The molecule has 0 bridgehead atoms. The third kappa shape index (κ3) is 4.06. The summed E-state index contributed by atoms with van der Waals surface area (Å²) in [6.07, 6.45) is 7.69. The van der Waals surface area contributed by atoms with E-state index >= 15 is 0 Å². The van der Waals surface area contributed by atoms with Crippen molar-refractivity contribution < 1.29 is 4.74 Å². The van der Waals surface area contributed by atoms with E-state index in [0.29, 0.717) is 5.92 Å². The molecule has 1 aliphatic carbocycles. The molecule has 3 N–H and O–H groups in total. The molecule has 1 fully saturated rings. The largest absolute Gasteiger partial charge is 0.379 e. The molecule has 1 aromatic rings. The van der Waals surface area contributed by atoms with Gasteiger partial charge in [-0.2, -0.15) is 0 Å². The molecule has 0 aromatic heterocycles. The molecule has 0 spiro atoms. The first-order valence-electron chi connectivity index (χ1n) is 8.21. The zero-order valence-electron chi connectivity index (χ0n) is 13.7. The summed E-state index contributed by atoms with van der Waals surface area (Å²) in [5.74, 6) is 6.51. The second-order valence-corrected chi connectivity index (χ2v) is 6.45. The van der Waals surface area contributed by atoms with Gasteiger partial charge >= 0.3 is 0 Å². The van der Waals surface area contributed by atoms with Crippen molar-refractivity contribution in [3.63, 3.8) is 0 Å². The Balaban J connectivity index is 2.13. The Kier molecular flexibility index (Phi) is 6.22. The molecule has 0 amide bonds. The van der Waals surface area contributed by atoms with Gasteiger partial charge in [-0.3, -0.25) is 11.3 Å². The fraction of sp³-hybridized carbons (Fsp3) is 0.667. The monoisotopic (exact) mass is 290 g/mol. The Morgan fingerprint density at radius 3 is 2.33 bits per heavy atom. The summed E-state index contributed by atoms with van der Waals surface area (Å²) < 4.78 is 5.85. The number of ether oxygens (including phenoxy) is 1. The Bertz CT molecular complexity index is 421.